The molecule has 0 spiro atoms. The van der Waals surface area contributed by atoms with E-state index in [4.69, 9.17) is 10.5 Å². The molecule has 1 unspecified atom stereocenters. The number of rotatable bonds is 3. The molecular weight excluding hydrogens is 292 g/mol. The van der Waals surface area contributed by atoms with Crippen molar-refractivity contribution in [3.63, 3.8) is 0 Å². The van der Waals surface area contributed by atoms with Crippen LogP contribution in [0.4, 0.5) is 4.79 Å². The van der Waals surface area contributed by atoms with Gasteiger partial charge in [0.2, 0.25) is 0 Å². The van der Waals surface area contributed by atoms with E-state index >= 15 is 0 Å². The van der Waals surface area contributed by atoms with Crippen molar-refractivity contribution >= 4 is 6.03 Å². The van der Waals surface area contributed by atoms with E-state index in [9.17, 15) is 10.0 Å². The molecule has 1 atom stereocenters. The van der Waals surface area contributed by atoms with Gasteiger partial charge in [-0.3, -0.25) is 5.21 Å². The second-order valence-electron chi connectivity index (χ2n) is 4.96. The minimum Gasteiger partial charge on any atom is -0.497 e. The van der Waals surface area contributed by atoms with Crippen LogP contribution in [0.3, 0.4) is 0 Å². The van der Waals surface area contributed by atoms with Crippen LogP contribution in [0.2, 0.25) is 0 Å². The molecule has 0 radical (unpaired) electrons. The normalized spacial score (nSPS) is 11.1. The zero-order chi connectivity index (χ0) is 16.8. The van der Waals surface area contributed by atoms with E-state index in [1.54, 1.807) is 20.1 Å². The maximum Gasteiger partial charge on any atom is 0.339 e. The zero-order valence-electron chi connectivity index (χ0n) is 13.0. The molecule has 2 rings (SSSR count). The van der Waals surface area contributed by atoms with Crippen molar-refractivity contribution in [3.05, 3.63) is 65.2 Å². The van der Waals surface area contributed by atoms with Gasteiger partial charge in [-0.2, -0.15) is 5.06 Å². The van der Waals surface area contributed by atoms with E-state index in [1.165, 1.54) is 0 Å². The summed E-state index contributed by atoms with van der Waals surface area (Å²) in [5.41, 5.74) is 7.46. The quantitative estimate of drug-likeness (QED) is 0.520. The highest BCUT2D eigenvalue weighted by molar-refractivity contribution is 5.71. The van der Waals surface area contributed by atoms with Crippen molar-refractivity contribution in [2.24, 2.45) is 5.73 Å². The number of urea groups is 1. The number of ether oxygens (including phenoxy) is 1. The molecule has 3 N–H and O–H groups in total. The molecule has 118 valence electrons. The zero-order valence-corrected chi connectivity index (χ0v) is 13.0. The third-order valence-corrected chi connectivity index (χ3v) is 3.40. The Hall–Kier alpha value is -2.97. The van der Waals surface area contributed by atoms with Gasteiger partial charge in [0, 0.05) is 11.1 Å². The maximum absolute atomic E-state index is 11.0. The van der Waals surface area contributed by atoms with Crippen LogP contribution in [-0.4, -0.2) is 23.4 Å². The maximum atomic E-state index is 11.0. The summed E-state index contributed by atoms with van der Waals surface area (Å²) in [4.78, 5) is 11.0. The molecule has 0 aliphatic rings. The van der Waals surface area contributed by atoms with Crippen molar-refractivity contribution in [2.75, 3.05) is 7.11 Å². The number of methoxy groups -OCH3 is 1. The fourth-order valence-electron chi connectivity index (χ4n) is 2.03. The standard InChI is InChI=1S/C18H18N2O3/c1-13(20(22)18(19)21)16-5-3-4-15(12-16)7-6-14-8-10-17(23-2)11-9-14/h3-5,8-13,22H,1-2H3,(H2,19,21). The van der Waals surface area contributed by atoms with Crippen LogP contribution in [0.1, 0.15) is 29.7 Å². The first kappa shape index (κ1) is 16.4. The summed E-state index contributed by atoms with van der Waals surface area (Å²) >= 11 is 0. The predicted octanol–water partition coefficient (Wildman–Crippen LogP) is 2.93. The van der Waals surface area contributed by atoms with Crippen molar-refractivity contribution in [1.29, 1.82) is 0 Å². The van der Waals surface area contributed by atoms with Gasteiger partial charge in [0.15, 0.2) is 0 Å². The van der Waals surface area contributed by atoms with Gasteiger partial charge in [-0.05, 0) is 48.9 Å². The molecule has 2 amide bonds. The summed E-state index contributed by atoms with van der Waals surface area (Å²) in [6, 6.07) is 13.3. The van der Waals surface area contributed by atoms with Crippen LogP contribution in [0.15, 0.2) is 48.5 Å². The average Bonchev–Trinajstić information content (AvgIpc) is 2.59. The molecule has 2 aromatic rings. The SMILES string of the molecule is COc1ccc(C#Cc2cccc(C(C)N(O)C(N)=O)c2)cc1. The molecule has 0 aromatic heterocycles. The molecule has 5 heteroatoms. The Morgan fingerprint density at radius 3 is 2.43 bits per heavy atom. The van der Waals surface area contributed by atoms with Gasteiger partial charge in [0.05, 0.1) is 13.2 Å². The summed E-state index contributed by atoms with van der Waals surface area (Å²) in [6.45, 7) is 1.68. The third kappa shape index (κ3) is 4.25. The fourth-order valence-corrected chi connectivity index (χ4v) is 2.03. The fraction of sp³-hybridized carbons (Fsp3) is 0.167. The Morgan fingerprint density at radius 1 is 1.17 bits per heavy atom. The summed E-state index contributed by atoms with van der Waals surface area (Å²) in [6.07, 6.45) is 0. The van der Waals surface area contributed by atoms with Crippen LogP contribution in [0, 0.1) is 11.8 Å². The van der Waals surface area contributed by atoms with Gasteiger partial charge < -0.3 is 10.5 Å². The minimum absolute atomic E-state index is 0.496. The third-order valence-electron chi connectivity index (χ3n) is 3.40. The van der Waals surface area contributed by atoms with E-state index in [0.29, 0.717) is 5.06 Å². The number of hydrogen-bond acceptors (Lipinski definition) is 3. The van der Waals surface area contributed by atoms with Crippen LogP contribution in [-0.2, 0) is 0 Å². The van der Waals surface area contributed by atoms with E-state index in [0.717, 1.165) is 22.4 Å². The monoisotopic (exact) mass is 310 g/mol. The lowest BCUT2D eigenvalue weighted by Gasteiger charge is -2.20. The second-order valence-corrected chi connectivity index (χ2v) is 4.96. The number of carbonyl (C=O) groups excluding carboxylic acids is 1. The number of amides is 2. The van der Waals surface area contributed by atoms with E-state index in [-0.39, 0.29) is 0 Å². The smallest absolute Gasteiger partial charge is 0.339 e. The Kier molecular flexibility index (Phi) is 5.23. The number of nitrogens with two attached hydrogens (primary N) is 1. The van der Waals surface area contributed by atoms with E-state index in [2.05, 4.69) is 11.8 Å². The van der Waals surface area contributed by atoms with Crippen molar-refractivity contribution in [1.82, 2.24) is 5.06 Å². The van der Waals surface area contributed by atoms with Crippen LogP contribution in [0.5, 0.6) is 5.75 Å². The second kappa shape index (κ2) is 7.34. The average molecular weight is 310 g/mol. The highest BCUT2D eigenvalue weighted by Gasteiger charge is 2.16. The van der Waals surface area contributed by atoms with Crippen LogP contribution >= 0.6 is 0 Å². The van der Waals surface area contributed by atoms with Crippen LogP contribution < -0.4 is 10.5 Å². The van der Waals surface area contributed by atoms with Gasteiger partial charge in [0.25, 0.3) is 0 Å². The number of hydrogen-bond donors (Lipinski definition) is 2. The molecule has 0 fully saturated rings. The van der Waals surface area contributed by atoms with Gasteiger partial charge in [-0.15, -0.1) is 0 Å². The van der Waals surface area contributed by atoms with Crippen LogP contribution in [0.25, 0.3) is 0 Å². The summed E-state index contributed by atoms with van der Waals surface area (Å²) < 4.78 is 5.10. The largest absolute Gasteiger partial charge is 0.497 e. The Labute approximate surface area is 135 Å². The molecule has 0 bridgehead atoms. The van der Waals surface area contributed by atoms with E-state index in [1.807, 2.05) is 42.5 Å². The molecule has 0 saturated carbocycles. The number of hydroxylamine groups is 2. The summed E-state index contributed by atoms with van der Waals surface area (Å²) in [7, 11) is 1.61. The van der Waals surface area contributed by atoms with Gasteiger partial charge >= 0.3 is 6.03 Å². The van der Waals surface area contributed by atoms with E-state index < -0.39 is 12.1 Å². The lowest BCUT2D eigenvalue weighted by molar-refractivity contribution is -0.0710. The molecular formula is C18H18N2O3. The first-order valence-corrected chi connectivity index (χ1v) is 7.05. The van der Waals surface area contributed by atoms with Crippen molar-refractivity contribution < 1.29 is 14.7 Å². The lowest BCUT2D eigenvalue weighted by Crippen LogP contribution is -2.34. The highest BCUT2D eigenvalue weighted by Crippen LogP contribution is 2.19. The highest BCUT2D eigenvalue weighted by atomic mass is 16.5. The number of benzene rings is 2. The predicted molar refractivity (Wildman–Crippen MR) is 87.0 cm³/mol. The van der Waals surface area contributed by atoms with Crippen molar-refractivity contribution in [3.8, 4) is 17.6 Å². The molecule has 23 heavy (non-hydrogen) atoms. The molecule has 0 aliphatic carbocycles. The topological polar surface area (TPSA) is 75.8 Å². The first-order valence-electron chi connectivity index (χ1n) is 7.05. The minimum atomic E-state index is -0.896. The van der Waals surface area contributed by atoms with Gasteiger partial charge in [-0.25, -0.2) is 4.79 Å². The molecule has 2 aromatic carbocycles. The molecule has 0 heterocycles. The Balaban J connectivity index is 2.20. The summed E-state index contributed by atoms with van der Waals surface area (Å²) in [5, 5.41) is 10.1. The molecule has 5 nitrogen and oxygen atoms in total. The lowest BCUT2D eigenvalue weighted by atomic mass is 10.0. The van der Waals surface area contributed by atoms with Gasteiger partial charge in [-0.1, -0.05) is 24.0 Å². The first-order chi connectivity index (χ1) is 11.0. The number of carbonyl (C=O) groups is 1. The number of nitrogens with zero attached hydrogens (tertiary/aromatic N) is 1. The molecule has 0 saturated heterocycles. The van der Waals surface area contributed by atoms with Crippen molar-refractivity contribution in [2.45, 2.75) is 13.0 Å². The number of primary amides is 1. The van der Waals surface area contributed by atoms with Gasteiger partial charge in [0.1, 0.15) is 5.75 Å². The summed E-state index contributed by atoms with van der Waals surface area (Å²) in [5.74, 6) is 6.89. The Morgan fingerprint density at radius 2 is 1.83 bits per heavy atom. The Bertz CT molecular complexity index is 745. The molecule has 0 aliphatic heterocycles.